The molecule has 0 aliphatic heterocycles. The Kier molecular flexibility index (Phi) is 7.31. The summed E-state index contributed by atoms with van der Waals surface area (Å²) >= 11 is 0. The molecule has 0 aliphatic carbocycles. The van der Waals surface area contributed by atoms with Gasteiger partial charge in [-0.05, 0) is 24.3 Å². The van der Waals surface area contributed by atoms with Gasteiger partial charge in [0.15, 0.2) is 0 Å². The third-order valence-corrected chi connectivity index (χ3v) is 3.22. The smallest absolute Gasteiger partial charge is 0.251 e. The first-order valence-electron chi connectivity index (χ1n) is 6.82. The lowest BCUT2D eigenvalue weighted by Crippen LogP contribution is -2.23. The highest BCUT2D eigenvalue weighted by Crippen LogP contribution is 2.24. The van der Waals surface area contributed by atoms with Crippen molar-refractivity contribution in [2.24, 2.45) is 5.73 Å². The van der Waals surface area contributed by atoms with Gasteiger partial charge < -0.3 is 20.5 Å². The largest absolute Gasteiger partial charge is 0.497 e. The van der Waals surface area contributed by atoms with Gasteiger partial charge in [-0.25, -0.2) is 0 Å². The van der Waals surface area contributed by atoms with Crippen LogP contribution in [0.4, 0.5) is 0 Å². The molecule has 2 rings (SSSR count). The van der Waals surface area contributed by atoms with Crippen molar-refractivity contribution in [2.75, 3.05) is 14.2 Å². The molecule has 3 N–H and O–H groups in total. The van der Waals surface area contributed by atoms with Crippen LogP contribution < -0.4 is 20.5 Å². The highest BCUT2D eigenvalue weighted by molar-refractivity contribution is 5.94. The average molecular weight is 338 g/mol. The molecule has 0 fully saturated rings. The third-order valence-electron chi connectivity index (χ3n) is 3.22. The number of nitrogens with one attached hydrogen (secondary N) is 1. The lowest BCUT2D eigenvalue weighted by atomic mass is 10.1. The third kappa shape index (κ3) is 4.84. The quantitative estimate of drug-likeness (QED) is 0.840. The number of hydrogen-bond acceptors (Lipinski definition) is 5. The molecule has 0 saturated heterocycles. The van der Waals surface area contributed by atoms with Crippen LogP contribution in [0.5, 0.6) is 11.5 Å². The van der Waals surface area contributed by atoms with Gasteiger partial charge in [0, 0.05) is 36.5 Å². The van der Waals surface area contributed by atoms with E-state index in [4.69, 9.17) is 15.2 Å². The number of carbonyl (C=O) groups is 1. The molecule has 7 heteroatoms. The SMILES string of the molecule is COc1ccc(CNC(=O)c2ccnc(CN)c2)c(OC)c1.Cl. The van der Waals surface area contributed by atoms with Crippen molar-refractivity contribution in [1.82, 2.24) is 10.3 Å². The van der Waals surface area contributed by atoms with Crippen LogP contribution in [0.1, 0.15) is 21.6 Å². The van der Waals surface area contributed by atoms with Gasteiger partial charge in [0.25, 0.3) is 5.91 Å². The number of methoxy groups -OCH3 is 2. The van der Waals surface area contributed by atoms with Crippen molar-refractivity contribution in [2.45, 2.75) is 13.1 Å². The van der Waals surface area contributed by atoms with E-state index in [0.717, 1.165) is 5.56 Å². The lowest BCUT2D eigenvalue weighted by molar-refractivity contribution is 0.0950. The summed E-state index contributed by atoms with van der Waals surface area (Å²) in [6.45, 7) is 0.652. The zero-order valence-electron chi connectivity index (χ0n) is 13.0. The van der Waals surface area contributed by atoms with E-state index in [1.54, 1.807) is 38.6 Å². The Balaban J connectivity index is 0.00000264. The van der Waals surface area contributed by atoms with Gasteiger partial charge in [0.1, 0.15) is 11.5 Å². The van der Waals surface area contributed by atoms with Crippen LogP contribution in [0.2, 0.25) is 0 Å². The van der Waals surface area contributed by atoms with Gasteiger partial charge in [-0.3, -0.25) is 9.78 Å². The van der Waals surface area contributed by atoms with Crippen molar-refractivity contribution in [3.8, 4) is 11.5 Å². The second kappa shape index (κ2) is 8.97. The summed E-state index contributed by atoms with van der Waals surface area (Å²) in [5.41, 5.74) is 7.60. The Morgan fingerprint density at radius 1 is 1.22 bits per heavy atom. The molecule has 2 aromatic rings. The van der Waals surface area contributed by atoms with E-state index >= 15 is 0 Å². The molecule has 0 spiro atoms. The molecule has 0 unspecified atom stereocenters. The first-order chi connectivity index (χ1) is 10.7. The molecule has 1 aromatic heterocycles. The minimum absolute atomic E-state index is 0. The summed E-state index contributed by atoms with van der Waals surface area (Å²) in [6.07, 6.45) is 1.57. The maximum Gasteiger partial charge on any atom is 0.251 e. The Hall–Kier alpha value is -2.31. The number of nitrogens with two attached hydrogens (primary N) is 1. The minimum Gasteiger partial charge on any atom is -0.497 e. The topological polar surface area (TPSA) is 86.5 Å². The molecule has 124 valence electrons. The van der Waals surface area contributed by atoms with Gasteiger partial charge in [0.05, 0.1) is 19.9 Å². The highest BCUT2D eigenvalue weighted by atomic mass is 35.5. The summed E-state index contributed by atoms with van der Waals surface area (Å²) in [4.78, 5) is 16.2. The van der Waals surface area contributed by atoms with Crippen LogP contribution in [-0.2, 0) is 13.1 Å². The average Bonchev–Trinajstić information content (AvgIpc) is 2.59. The predicted molar refractivity (Wildman–Crippen MR) is 90.1 cm³/mol. The fourth-order valence-corrected chi connectivity index (χ4v) is 2.01. The van der Waals surface area contributed by atoms with Crippen molar-refractivity contribution < 1.29 is 14.3 Å². The molecule has 1 aromatic carbocycles. The monoisotopic (exact) mass is 337 g/mol. The minimum atomic E-state index is -0.185. The van der Waals surface area contributed by atoms with Crippen LogP contribution in [0.3, 0.4) is 0 Å². The van der Waals surface area contributed by atoms with Crippen LogP contribution in [0, 0.1) is 0 Å². The fourth-order valence-electron chi connectivity index (χ4n) is 2.01. The van der Waals surface area contributed by atoms with Crippen molar-refractivity contribution in [3.05, 3.63) is 53.3 Å². The maximum absolute atomic E-state index is 12.2. The summed E-state index contributed by atoms with van der Waals surface area (Å²) in [6, 6.07) is 8.79. The van der Waals surface area contributed by atoms with E-state index in [1.165, 1.54) is 0 Å². The zero-order valence-corrected chi connectivity index (χ0v) is 13.9. The van der Waals surface area contributed by atoms with Crippen LogP contribution >= 0.6 is 12.4 Å². The lowest BCUT2D eigenvalue weighted by Gasteiger charge is -2.11. The molecule has 0 bridgehead atoms. The molecular formula is C16H20ClN3O3. The first-order valence-corrected chi connectivity index (χ1v) is 6.82. The van der Waals surface area contributed by atoms with Gasteiger partial charge in [-0.1, -0.05) is 0 Å². The molecule has 6 nitrogen and oxygen atoms in total. The number of halogens is 1. The number of ether oxygens (including phenoxy) is 2. The maximum atomic E-state index is 12.2. The number of amides is 1. The molecule has 0 radical (unpaired) electrons. The van der Waals surface area contributed by atoms with E-state index in [0.29, 0.717) is 35.8 Å². The molecule has 1 amide bonds. The number of hydrogen-bond donors (Lipinski definition) is 2. The second-order valence-electron chi connectivity index (χ2n) is 4.60. The van der Waals surface area contributed by atoms with Crippen molar-refractivity contribution >= 4 is 18.3 Å². The number of aromatic nitrogens is 1. The number of carbonyl (C=O) groups excluding carboxylic acids is 1. The summed E-state index contributed by atoms with van der Waals surface area (Å²) in [5.74, 6) is 1.18. The number of pyridine rings is 1. The fraction of sp³-hybridized carbons (Fsp3) is 0.250. The van der Waals surface area contributed by atoms with E-state index in [-0.39, 0.29) is 18.3 Å². The summed E-state index contributed by atoms with van der Waals surface area (Å²) in [5, 5.41) is 2.85. The van der Waals surface area contributed by atoms with Gasteiger partial charge >= 0.3 is 0 Å². The Morgan fingerprint density at radius 2 is 2.00 bits per heavy atom. The highest BCUT2D eigenvalue weighted by Gasteiger charge is 2.09. The molecule has 0 aliphatic rings. The second-order valence-corrected chi connectivity index (χ2v) is 4.60. The van der Waals surface area contributed by atoms with Crippen LogP contribution in [0.15, 0.2) is 36.5 Å². The molecular weight excluding hydrogens is 318 g/mol. The van der Waals surface area contributed by atoms with Crippen molar-refractivity contribution in [3.63, 3.8) is 0 Å². The molecule has 0 atom stereocenters. The number of rotatable bonds is 6. The van der Waals surface area contributed by atoms with Crippen LogP contribution in [0.25, 0.3) is 0 Å². The molecule has 23 heavy (non-hydrogen) atoms. The number of benzene rings is 1. The predicted octanol–water partition coefficient (Wildman–Crippen LogP) is 1.91. The van der Waals surface area contributed by atoms with Gasteiger partial charge in [-0.15, -0.1) is 12.4 Å². The number of nitrogens with zero attached hydrogens (tertiary/aromatic N) is 1. The Morgan fingerprint density at radius 3 is 2.65 bits per heavy atom. The Labute approximate surface area is 141 Å². The Bertz CT molecular complexity index is 665. The zero-order chi connectivity index (χ0) is 15.9. The van der Waals surface area contributed by atoms with E-state index in [2.05, 4.69) is 10.3 Å². The summed E-state index contributed by atoms with van der Waals surface area (Å²) < 4.78 is 10.5. The van der Waals surface area contributed by atoms with Crippen molar-refractivity contribution in [1.29, 1.82) is 0 Å². The van der Waals surface area contributed by atoms with Gasteiger partial charge in [0.2, 0.25) is 0 Å². The standard InChI is InChI=1S/C16H19N3O3.ClH/c1-21-14-4-3-12(15(8-14)22-2)10-19-16(20)11-5-6-18-13(7-11)9-17;/h3-8H,9-10,17H2,1-2H3,(H,19,20);1H. The van der Waals surface area contributed by atoms with E-state index < -0.39 is 0 Å². The van der Waals surface area contributed by atoms with Crippen LogP contribution in [-0.4, -0.2) is 25.1 Å². The van der Waals surface area contributed by atoms with E-state index in [1.807, 2.05) is 12.1 Å². The normalized spacial score (nSPS) is 9.70. The first kappa shape index (κ1) is 18.7. The van der Waals surface area contributed by atoms with E-state index in [9.17, 15) is 4.79 Å². The summed E-state index contributed by atoms with van der Waals surface area (Å²) in [7, 11) is 3.17. The molecule has 1 heterocycles. The van der Waals surface area contributed by atoms with Gasteiger partial charge in [-0.2, -0.15) is 0 Å². The molecule has 0 saturated carbocycles.